The lowest BCUT2D eigenvalue weighted by Gasteiger charge is -2.27. The van der Waals surface area contributed by atoms with Gasteiger partial charge in [0.15, 0.2) is 0 Å². The molecule has 5 heteroatoms. The van der Waals surface area contributed by atoms with Crippen LogP contribution in [0.25, 0.3) is 0 Å². The van der Waals surface area contributed by atoms with Gasteiger partial charge in [-0.15, -0.1) is 0 Å². The van der Waals surface area contributed by atoms with Gasteiger partial charge in [-0.25, -0.2) is 0 Å². The molecule has 1 aliphatic carbocycles. The third kappa shape index (κ3) is 6.02. The maximum Gasteiger partial charge on any atom is 0.309 e. The Labute approximate surface area is 137 Å². The van der Waals surface area contributed by atoms with Gasteiger partial charge in [0, 0.05) is 6.42 Å². The van der Waals surface area contributed by atoms with Crippen molar-refractivity contribution in [3.63, 3.8) is 0 Å². The summed E-state index contributed by atoms with van der Waals surface area (Å²) in [5.74, 6) is -0.168. The van der Waals surface area contributed by atoms with Gasteiger partial charge in [-0.2, -0.15) is 0 Å². The zero-order chi connectivity index (χ0) is 16.5. The molecule has 0 aliphatic heterocycles. The van der Waals surface area contributed by atoms with Crippen molar-refractivity contribution in [2.24, 2.45) is 5.92 Å². The number of ether oxygens (including phenoxy) is 2. The van der Waals surface area contributed by atoms with Crippen molar-refractivity contribution >= 4 is 11.9 Å². The average Bonchev–Trinajstić information content (AvgIpc) is 2.61. The van der Waals surface area contributed by atoms with Crippen molar-refractivity contribution < 1.29 is 19.1 Å². The SMILES string of the molecule is CCC(=O)NCOC1CCC(C(=O)OCc2ccccc2)CC1. The van der Waals surface area contributed by atoms with E-state index in [0.717, 1.165) is 31.2 Å². The van der Waals surface area contributed by atoms with Crippen molar-refractivity contribution in [3.05, 3.63) is 35.9 Å². The highest BCUT2D eigenvalue weighted by Gasteiger charge is 2.27. The number of carbonyl (C=O) groups excluding carboxylic acids is 2. The molecular weight excluding hydrogens is 294 g/mol. The fourth-order valence-electron chi connectivity index (χ4n) is 2.68. The molecule has 5 nitrogen and oxygen atoms in total. The monoisotopic (exact) mass is 319 g/mol. The number of rotatable bonds is 7. The number of carbonyl (C=O) groups is 2. The Morgan fingerprint density at radius 3 is 2.48 bits per heavy atom. The van der Waals surface area contributed by atoms with Gasteiger partial charge in [-0.1, -0.05) is 37.3 Å². The summed E-state index contributed by atoms with van der Waals surface area (Å²) < 4.78 is 11.0. The fourth-order valence-corrected chi connectivity index (χ4v) is 2.68. The van der Waals surface area contributed by atoms with Gasteiger partial charge in [-0.3, -0.25) is 9.59 Å². The largest absolute Gasteiger partial charge is 0.461 e. The zero-order valence-electron chi connectivity index (χ0n) is 13.6. The van der Waals surface area contributed by atoms with Crippen LogP contribution in [0.4, 0.5) is 0 Å². The summed E-state index contributed by atoms with van der Waals surface area (Å²) in [6.07, 6.45) is 3.79. The Kier molecular flexibility index (Phi) is 7.07. The summed E-state index contributed by atoms with van der Waals surface area (Å²) in [4.78, 5) is 23.2. The Morgan fingerprint density at radius 2 is 1.83 bits per heavy atom. The Hall–Kier alpha value is -1.88. The summed E-state index contributed by atoms with van der Waals surface area (Å²) in [6.45, 7) is 2.39. The van der Waals surface area contributed by atoms with E-state index in [1.165, 1.54) is 0 Å². The molecule has 1 fully saturated rings. The van der Waals surface area contributed by atoms with Gasteiger partial charge in [0.1, 0.15) is 13.3 Å². The fraction of sp³-hybridized carbons (Fsp3) is 0.556. The molecular formula is C18H25NO4. The predicted molar refractivity (Wildman–Crippen MR) is 86.4 cm³/mol. The minimum atomic E-state index is -0.119. The van der Waals surface area contributed by atoms with Crippen molar-refractivity contribution in [2.45, 2.75) is 51.7 Å². The van der Waals surface area contributed by atoms with Crippen LogP contribution in [0, 0.1) is 5.92 Å². The average molecular weight is 319 g/mol. The van der Waals surface area contributed by atoms with Crippen LogP contribution in [0.2, 0.25) is 0 Å². The molecule has 2 rings (SSSR count). The molecule has 0 unspecified atom stereocenters. The van der Waals surface area contributed by atoms with Crippen LogP contribution in [-0.2, 0) is 25.7 Å². The second kappa shape index (κ2) is 9.30. The number of benzene rings is 1. The van der Waals surface area contributed by atoms with Gasteiger partial charge >= 0.3 is 5.97 Å². The Balaban J connectivity index is 1.63. The minimum absolute atomic E-state index is 0.0109. The lowest BCUT2D eigenvalue weighted by atomic mass is 9.87. The summed E-state index contributed by atoms with van der Waals surface area (Å²) >= 11 is 0. The van der Waals surface area contributed by atoms with Crippen LogP contribution in [-0.4, -0.2) is 24.7 Å². The molecule has 1 saturated carbocycles. The molecule has 1 amide bonds. The van der Waals surface area contributed by atoms with Crippen molar-refractivity contribution in [1.82, 2.24) is 5.32 Å². The van der Waals surface area contributed by atoms with E-state index >= 15 is 0 Å². The number of hydrogen-bond acceptors (Lipinski definition) is 4. The smallest absolute Gasteiger partial charge is 0.309 e. The molecule has 0 spiro atoms. The summed E-state index contributed by atoms with van der Waals surface area (Å²) in [5, 5.41) is 2.70. The van der Waals surface area contributed by atoms with Gasteiger partial charge < -0.3 is 14.8 Å². The van der Waals surface area contributed by atoms with Crippen molar-refractivity contribution in [2.75, 3.05) is 6.73 Å². The topological polar surface area (TPSA) is 64.6 Å². The first kappa shape index (κ1) is 17.5. The summed E-state index contributed by atoms with van der Waals surface area (Å²) in [7, 11) is 0. The minimum Gasteiger partial charge on any atom is -0.461 e. The first-order valence-corrected chi connectivity index (χ1v) is 8.28. The van der Waals surface area contributed by atoms with Crippen LogP contribution < -0.4 is 5.32 Å². The number of amides is 1. The summed E-state index contributed by atoms with van der Waals surface area (Å²) in [6, 6.07) is 9.70. The molecule has 1 N–H and O–H groups in total. The third-order valence-corrected chi connectivity index (χ3v) is 4.14. The molecule has 1 aromatic carbocycles. The van der Waals surface area contributed by atoms with E-state index in [9.17, 15) is 9.59 Å². The maximum atomic E-state index is 12.1. The molecule has 0 heterocycles. The molecule has 0 bridgehead atoms. The number of hydrogen-bond donors (Lipinski definition) is 1. The second-order valence-corrected chi connectivity index (χ2v) is 5.83. The van der Waals surface area contributed by atoms with Crippen LogP contribution >= 0.6 is 0 Å². The van der Waals surface area contributed by atoms with Crippen LogP contribution in [0.15, 0.2) is 30.3 Å². The standard InChI is InChI=1S/C18H25NO4/c1-2-17(20)19-13-23-16-10-8-15(9-11-16)18(21)22-12-14-6-4-3-5-7-14/h3-7,15-16H,2,8-13H2,1H3,(H,19,20). The van der Waals surface area contributed by atoms with Crippen LogP contribution in [0.1, 0.15) is 44.6 Å². The first-order chi connectivity index (χ1) is 11.2. The molecule has 1 aliphatic rings. The zero-order valence-corrected chi connectivity index (χ0v) is 13.6. The van der Waals surface area contributed by atoms with Crippen LogP contribution in [0.5, 0.6) is 0 Å². The van der Waals surface area contributed by atoms with E-state index in [0.29, 0.717) is 13.0 Å². The van der Waals surface area contributed by atoms with E-state index in [2.05, 4.69) is 5.32 Å². The third-order valence-electron chi connectivity index (χ3n) is 4.14. The highest BCUT2D eigenvalue weighted by atomic mass is 16.5. The Morgan fingerprint density at radius 1 is 1.13 bits per heavy atom. The molecule has 1 aromatic rings. The van der Waals surface area contributed by atoms with Crippen molar-refractivity contribution in [3.8, 4) is 0 Å². The van der Waals surface area contributed by atoms with E-state index in [4.69, 9.17) is 9.47 Å². The molecule has 0 radical (unpaired) electrons. The molecule has 126 valence electrons. The predicted octanol–water partition coefficient (Wildman–Crippen LogP) is 2.79. The van der Waals surface area contributed by atoms with Crippen LogP contribution in [0.3, 0.4) is 0 Å². The summed E-state index contributed by atoms with van der Waals surface area (Å²) in [5.41, 5.74) is 1.00. The molecule has 0 atom stereocenters. The quantitative estimate of drug-likeness (QED) is 0.620. The van der Waals surface area contributed by atoms with E-state index in [1.807, 2.05) is 37.3 Å². The Bertz CT molecular complexity index is 495. The van der Waals surface area contributed by atoms with Gasteiger partial charge in [0.25, 0.3) is 0 Å². The molecule has 23 heavy (non-hydrogen) atoms. The van der Waals surface area contributed by atoms with Crippen molar-refractivity contribution in [1.29, 1.82) is 0 Å². The second-order valence-electron chi connectivity index (χ2n) is 5.83. The van der Waals surface area contributed by atoms with E-state index < -0.39 is 0 Å². The van der Waals surface area contributed by atoms with Gasteiger partial charge in [0.2, 0.25) is 5.91 Å². The maximum absolute atomic E-state index is 12.1. The lowest BCUT2D eigenvalue weighted by Crippen LogP contribution is -2.32. The normalized spacial score (nSPS) is 20.7. The van der Waals surface area contributed by atoms with Gasteiger partial charge in [0.05, 0.1) is 12.0 Å². The van der Waals surface area contributed by atoms with Gasteiger partial charge in [-0.05, 0) is 31.2 Å². The molecule has 0 saturated heterocycles. The number of nitrogens with one attached hydrogen (secondary N) is 1. The number of esters is 1. The van der Waals surface area contributed by atoms with E-state index in [-0.39, 0.29) is 30.6 Å². The molecule has 0 aromatic heterocycles. The first-order valence-electron chi connectivity index (χ1n) is 8.28. The lowest BCUT2D eigenvalue weighted by molar-refractivity contribution is -0.152. The highest BCUT2D eigenvalue weighted by Crippen LogP contribution is 2.27. The van der Waals surface area contributed by atoms with E-state index in [1.54, 1.807) is 0 Å². The highest BCUT2D eigenvalue weighted by molar-refractivity contribution is 5.75.